The summed E-state index contributed by atoms with van der Waals surface area (Å²) in [5, 5.41) is 1.27. The van der Waals surface area contributed by atoms with Crippen molar-refractivity contribution in [3.63, 3.8) is 0 Å². The zero-order valence-electron chi connectivity index (χ0n) is 9.32. The third-order valence-electron chi connectivity index (χ3n) is 2.64. The third-order valence-corrected chi connectivity index (χ3v) is 3.36. The Hall–Kier alpha value is -1.09. The number of halogens is 2. The number of hydrogen-bond donors (Lipinski definition) is 1. The van der Waals surface area contributed by atoms with Gasteiger partial charge in [-0.15, -0.1) is 0 Å². The number of nitrogens with zero attached hydrogens (tertiary/aromatic N) is 1. The number of nitrogens with two attached hydrogens (primary N) is 1. The van der Waals surface area contributed by atoms with E-state index in [1.807, 2.05) is 25.1 Å². The van der Waals surface area contributed by atoms with Crippen molar-refractivity contribution in [3.05, 3.63) is 63.4 Å². The van der Waals surface area contributed by atoms with Gasteiger partial charge in [0.1, 0.15) is 0 Å². The summed E-state index contributed by atoms with van der Waals surface area (Å²) in [5.41, 5.74) is 8.72. The number of aromatic nitrogens is 1. The molecular weight excluding hydrogens is 255 g/mol. The highest BCUT2D eigenvalue weighted by molar-refractivity contribution is 6.31. The molecule has 0 saturated carbocycles. The Bertz CT molecular complexity index is 541. The van der Waals surface area contributed by atoms with E-state index < -0.39 is 0 Å². The maximum atomic E-state index is 6.13. The van der Waals surface area contributed by atoms with E-state index in [9.17, 15) is 0 Å². The van der Waals surface area contributed by atoms with Crippen LogP contribution in [0.15, 0.2) is 36.5 Å². The molecule has 2 aromatic rings. The molecule has 4 heteroatoms. The van der Waals surface area contributed by atoms with Crippen LogP contribution in [0.4, 0.5) is 0 Å². The van der Waals surface area contributed by atoms with Crippen LogP contribution >= 0.6 is 23.2 Å². The van der Waals surface area contributed by atoms with E-state index in [1.165, 1.54) is 0 Å². The highest BCUT2D eigenvalue weighted by Crippen LogP contribution is 2.27. The van der Waals surface area contributed by atoms with E-state index >= 15 is 0 Å². The van der Waals surface area contributed by atoms with Gasteiger partial charge in [-0.1, -0.05) is 35.3 Å². The molecule has 1 heterocycles. The molecule has 1 unspecified atom stereocenters. The van der Waals surface area contributed by atoms with Crippen molar-refractivity contribution >= 4 is 23.2 Å². The largest absolute Gasteiger partial charge is 0.319 e. The maximum absolute atomic E-state index is 6.13. The Morgan fingerprint density at radius 2 is 1.94 bits per heavy atom. The van der Waals surface area contributed by atoms with Crippen LogP contribution in [0.25, 0.3) is 0 Å². The van der Waals surface area contributed by atoms with E-state index in [2.05, 4.69) is 4.98 Å². The second kappa shape index (κ2) is 5.05. The molecule has 2 rings (SSSR count). The summed E-state index contributed by atoms with van der Waals surface area (Å²) in [7, 11) is 0. The minimum Gasteiger partial charge on any atom is -0.319 e. The molecule has 17 heavy (non-hydrogen) atoms. The fraction of sp³-hybridized carbons (Fsp3) is 0.154. The zero-order chi connectivity index (χ0) is 12.4. The van der Waals surface area contributed by atoms with Gasteiger partial charge in [-0.05, 0) is 36.2 Å². The summed E-state index contributed by atoms with van der Waals surface area (Å²) in [6.45, 7) is 1.95. The second-order valence-corrected chi connectivity index (χ2v) is 4.67. The van der Waals surface area contributed by atoms with Gasteiger partial charge in [0.05, 0.1) is 16.8 Å². The van der Waals surface area contributed by atoms with Gasteiger partial charge in [-0.3, -0.25) is 4.98 Å². The Morgan fingerprint density at radius 3 is 2.59 bits per heavy atom. The van der Waals surface area contributed by atoms with Crippen LogP contribution in [0.5, 0.6) is 0 Å². The molecule has 0 aliphatic rings. The lowest BCUT2D eigenvalue weighted by molar-refractivity contribution is 0.829. The first kappa shape index (κ1) is 12.4. The lowest BCUT2D eigenvalue weighted by Gasteiger charge is -2.13. The predicted octanol–water partition coefficient (Wildman–Crippen LogP) is 3.74. The highest BCUT2D eigenvalue weighted by atomic mass is 35.5. The molecule has 0 amide bonds. The normalized spacial score (nSPS) is 12.5. The van der Waals surface area contributed by atoms with Gasteiger partial charge in [-0.2, -0.15) is 0 Å². The number of hydrogen-bond acceptors (Lipinski definition) is 2. The summed E-state index contributed by atoms with van der Waals surface area (Å²) in [6, 6.07) is 8.93. The average Bonchev–Trinajstić information content (AvgIpc) is 2.32. The van der Waals surface area contributed by atoms with Crippen LogP contribution in [0.3, 0.4) is 0 Å². The van der Waals surface area contributed by atoms with Crippen LogP contribution in [-0.4, -0.2) is 4.98 Å². The molecule has 0 radical (unpaired) electrons. The van der Waals surface area contributed by atoms with Crippen LogP contribution in [0.1, 0.15) is 22.9 Å². The number of benzene rings is 1. The third kappa shape index (κ3) is 2.60. The van der Waals surface area contributed by atoms with E-state index in [0.29, 0.717) is 15.7 Å². The maximum Gasteiger partial charge on any atom is 0.0802 e. The molecule has 2 nitrogen and oxygen atoms in total. The molecule has 0 aliphatic carbocycles. The Kier molecular flexibility index (Phi) is 3.67. The fourth-order valence-corrected chi connectivity index (χ4v) is 2.02. The van der Waals surface area contributed by atoms with E-state index in [1.54, 1.807) is 18.3 Å². The molecule has 0 fully saturated rings. The lowest BCUT2D eigenvalue weighted by Crippen LogP contribution is -2.14. The molecule has 88 valence electrons. The van der Waals surface area contributed by atoms with Crippen LogP contribution in [0, 0.1) is 6.92 Å². The first-order valence-corrected chi connectivity index (χ1v) is 5.97. The van der Waals surface area contributed by atoms with Crippen molar-refractivity contribution in [2.24, 2.45) is 5.73 Å². The average molecular weight is 267 g/mol. The molecule has 1 aromatic heterocycles. The van der Waals surface area contributed by atoms with Gasteiger partial charge in [0.2, 0.25) is 0 Å². The van der Waals surface area contributed by atoms with Gasteiger partial charge < -0.3 is 5.73 Å². The molecule has 1 aromatic carbocycles. The smallest absolute Gasteiger partial charge is 0.0802 e. The van der Waals surface area contributed by atoms with Crippen LogP contribution < -0.4 is 5.73 Å². The Morgan fingerprint density at radius 1 is 1.18 bits per heavy atom. The molecular formula is C13H12Cl2N2. The predicted molar refractivity (Wildman–Crippen MR) is 71.5 cm³/mol. The van der Waals surface area contributed by atoms with Gasteiger partial charge >= 0.3 is 0 Å². The van der Waals surface area contributed by atoms with Crippen molar-refractivity contribution in [2.75, 3.05) is 0 Å². The van der Waals surface area contributed by atoms with Gasteiger partial charge in [-0.25, -0.2) is 0 Å². The molecule has 0 aliphatic heterocycles. The van der Waals surface area contributed by atoms with E-state index in [0.717, 1.165) is 11.1 Å². The molecule has 0 spiro atoms. The molecule has 0 saturated heterocycles. The van der Waals surface area contributed by atoms with Crippen LogP contribution in [-0.2, 0) is 0 Å². The van der Waals surface area contributed by atoms with E-state index in [-0.39, 0.29) is 6.04 Å². The molecule has 0 bridgehead atoms. The molecule has 2 N–H and O–H groups in total. The number of pyridine rings is 1. The van der Waals surface area contributed by atoms with Crippen molar-refractivity contribution in [1.82, 2.24) is 4.98 Å². The van der Waals surface area contributed by atoms with Gasteiger partial charge in [0.15, 0.2) is 0 Å². The summed E-state index contributed by atoms with van der Waals surface area (Å²) in [5.74, 6) is 0. The monoisotopic (exact) mass is 266 g/mol. The minimum atomic E-state index is -0.359. The highest BCUT2D eigenvalue weighted by Gasteiger charge is 2.14. The van der Waals surface area contributed by atoms with Crippen molar-refractivity contribution in [3.8, 4) is 0 Å². The SMILES string of the molecule is Cc1ccc(C(N)c2ncccc2Cl)cc1Cl. The Balaban J connectivity index is 2.40. The van der Waals surface area contributed by atoms with Gasteiger partial charge in [0, 0.05) is 11.2 Å². The van der Waals surface area contributed by atoms with Crippen molar-refractivity contribution in [1.29, 1.82) is 0 Å². The minimum absolute atomic E-state index is 0.359. The number of aryl methyl sites for hydroxylation is 1. The Labute approximate surface area is 110 Å². The summed E-state index contributed by atoms with van der Waals surface area (Å²) < 4.78 is 0. The first-order valence-electron chi connectivity index (χ1n) is 5.21. The first-order chi connectivity index (χ1) is 8.09. The topological polar surface area (TPSA) is 38.9 Å². The fourth-order valence-electron chi connectivity index (χ4n) is 1.59. The molecule has 1 atom stereocenters. The summed E-state index contributed by atoms with van der Waals surface area (Å²) in [4.78, 5) is 4.21. The van der Waals surface area contributed by atoms with Crippen molar-refractivity contribution in [2.45, 2.75) is 13.0 Å². The van der Waals surface area contributed by atoms with Crippen molar-refractivity contribution < 1.29 is 0 Å². The number of rotatable bonds is 2. The standard InChI is InChI=1S/C13H12Cl2N2/c1-8-4-5-9(7-11(8)15)12(16)13-10(14)3-2-6-17-13/h2-7,12H,16H2,1H3. The summed E-state index contributed by atoms with van der Waals surface area (Å²) in [6.07, 6.45) is 1.68. The second-order valence-electron chi connectivity index (χ2n) is 3.86. The van der Waals surface area contributed by atoms with Gasteiger partial charge in [0.25, 0.3) is 0 Å². The van der Waals surface area contributed by atoms with Crippen LogP contribution in [0.2, 0.25) is 10.0 Å². The lowest BCUT2D eigenvalue weighted by atomic mass is 10.0. The summed E-state index contributed by atoms with van der Waals surface area (Å²) >= 11 is 12.1. The van der Waals surface area contributed by atoms with E-state index in [4.69, 9.17) is 28.9 Å². The zero-order valence-corrected chi connectivity index (χ0v) is 10.8. The quantitative estimate of drug-likeness (QED) is 0.900.